The van der Waals surface area contributed by atoms with Crippen LogP contribution in [0, 0.1) is 5.92 Å². The fraction of sp³-hybridized carbons (Fsp3) is 0.438. The number of hydrogen-bond donors (Lipinski definition) is 1. The van der Waals surface area contributed by atoms with E-state index in [4.69, 9.17) is 0 Å². The molecule has 1 aromatic carbocycles. The van der Waals surface area contributed by atoms with Gasteiger partial charge in [0.1, 0.15) is 0 Å². The molecule has 0 bridgehead atoms. The van der Waals surface area contributed by atoms with Gasteiger partial charge in [0.05, 0.1) is 11.4 Å². The number of rotatable bonds is 3. The van der Waals surface area contributed by atoms with Crippen molar-refractivity contribution in [2.24, 2.45) is 5.92 Å². The Kier molecular flexibility index (Phi) is 4.20. The van der Waals surface area contributed by atoms with E-state index in [0.717, 1.165) is 19.3 Å². The molecule has 6 heteroatoms. The van der Waals surface area contributed by atoms with Crippen molar-refractivity contribution in [1.82, 2.24) is 0 Å². The minimum atomic E-state index is -3.15. The fourth-order valence-electron chi connectivity index (χ4n) is 2.92. The van der Waals surface area contributed by atoms with Crippen LogP contribution in [-0.4, -0.2) is 26.6 Å². The predicted molar refractivity (Wildman–Crippen MR) is 87.3 cm³/mol. The maximum atomic E-state index is 12.2. The monoisotopic (exact) mass is 320 g/mol. The van der Waals surface area contributed by atoms with Crippen LogP contribution in [0.25, 0.3) is 0 Å². The first-order chi connectivity index (χ1) is 10.6. The smallest absolute Gasteiger partial charge is 0.235 e. The molecule has 22 heavy (non-hydrogen) atoms. The molecule has 1 atom stereocenters. The highest BCUT2D eigenvalue weighted by molar-refractivity contribution is 7.93. The molecule has 0 spiro atoms. The molecule has 1 saturated heterocycles. The number of amides is 1. The summed E-state index contributed by atoms with van der Waals surface area (Å²) in [6, 6.07) is 7.03. The van der Waals surface area contributed by atoms with Crippen molar-refractivity contribution in [1.29, 1.82) is 0 Å². The first-order valence-electron chi connectivity index (χ1n) is 7.62. The highest BCUT2D eigenvalue weighted by Crippen LogP contribution is 2.26. The zero-order chi connectivity index (χ0) is 15.6. The summed E-state index contributed by atoms with van der Waals surface area (Å²) in [6.07, 6.45) is 7.44. The lowest BCUT2D eigenvalue weighted by molar-refractivity contribution is -0.120. The first kappa shape index (κ1) is 15.1. The highest BCUT2D eigenvalue weighted by Gasteiger charge is 2.28. The molecule has 5 nitrogen and oxygen atoms in total. The number of carbonyl (C=O) groups is 1. The maximum absolute atomic E-state index is 12.2. The molecule has 1 aliphatic heterocycles. The third-order valence-corrected chi connectivity index (χ3v) is 6.03. The number of hydrogen-bond acceptors (Lipinski definition) is 3. The van der Waals surface area contributed by atoms with E-state index in [2.05, 4.69) is 17.5 Å². The van der Waals surface area contributed by atoms with Gasteiger partial charge in [-0.15, -0.1) is 0 Å². The van der Waals surface area contributed by atoms with Crippen molar-refractivity contribution < 1.29 is 13.2 Å². The van der Waals surface area contributed by atoms with Gasteiger partial charge in [-0.2, -0.15) is 0 Å². The lowest BCUT2D eigenvalue weighted by Crippen LogP contribution is -2.25. The van der Waals surface area contributed by atoms with Crippen LogP contribution < -0.4 is 9.62 Å². The molecule has 1 N–H and O–H groups in total. The van der Waals surface area contributed by atoms with Crippen molar-refractivity contribution in [2.45, 2.75) is 25.7 Å². The number of benzene rings is 1. The van der Waals surface area contributed by atoms with E-state index < -0.39 is 10.0 Å². The first-order valence-corrected chi connectivity index (χ1v) is 9.23. The Morgan fingerprint density at radius 3 is 2.55 bits per heavy atom. The number of allylic oxidation sites excluding steroid dienone is 2. The second-order valence-corrected chi connectivity index (χ2v) is 7.77. The van der Waals surface area contributed by atoms with Gasteiger partial charge in [-0.25, -0.2) is 8.42 Å². The van der Waals surface area contributed by atoms with Gasteiger partial charge in [-0.3, -0.25) is 9.10 Å². The van der Waals surface area contributed by atoms with Gasteiger partial charge >= 0.3 is 0 Å². The number of nitrogens with zero attached hydrogens (tertiary/aromatic N) is 1. The Hall–Kier alpha value is -1.82. The summed E-state index contributed by atoms with van der Waals surface area (Å²) >= 11 is 0. The van der Waals surface area contributed by atoms with Gasteiger partial charge in [0, 0.05) is 18.2 Å². The van der Waals surface area contributed by atoms with Crippen molar-refractivity contribution in [3.63, 3.8) is 0 Å². The Labute approximate surface area is 131 Å². The van der Waals surface area contributed by atoms with Crippen LogP contribution in [0.5, 0.6) is 0 Å². The Balaban J connectivity index is 1.67. The van der Waals surface area contributed by atoms with Gasteiger partial charge in [-0.05, 0) is 49.9 Å². The summed E-state index contributed by atoms with van der Waals surface area (Å²) in [5.41, 5.74) is 1.37. The minimum Gasteiger partial charge on any atom is -0.326 e. The van der Waals surface area contributed by atoms with E-state index in [1.807, 2.05) is 0 Å². The summed E-state index contributed by atoms with van der Waals surface area (Å²) in [5, 5.41) is 2.91. The molecule has 0 aromatic heterocycles. The molecule has 1 unspecified atom stereocenters. The third kappa shape index (κ3) is 3.16. The summed E-state index contributed by atoms with van der Waals surface area (Å²) < 4.78 is 25.2. The van der Waals surface area contributed by atoms with E-state index >= 15 is 0 Å². The van der Waals surface area contributed by atoms with Crippen molar-refractivity contribution in [3.05, 3.63) is 36.4 Å². The highest BCUT2D eigenvalue weighted by atomic mass is 32.2. The average molecular weight is 320 g/mol. The van der Waals surface area contributed by atoms with Crippen LogP contribution in [0.3, 0.4) is 0 Å². The number of carbonyl (C=O) groups excluding carboxylic acids is 1. The van der Waals surface area contributed by atoms with Gasteiger partial charge < -0.3 is 5.32 Å². The molecule has 3 rings (SSSR count). The van der Waals surface area contributed by atoms with E-state index in [1.165, 1.54) is 4.31 Å². The van der Waals surface area contributed by atoms with Gasteiger partial charge in [0.15, 0.2) is 0 Å². The summed E-state index contributed by atoms with van der Waals surface area (Å²) in [6.45, 7) is 0.530. The Morgan fingerprint density at radius 1 is 1.18 bits per heavy atom. The fourth-order valence-corrected chi connectivity index (χ4v) is 4.48. The molecule has 1 aliphatic carbocycles. The number of anilines is 2. The van der Waals surface area contributed by atoms with E-state index in [9.17, 15) is 13.2 Å². The van der Waals surface area contributed by atoms with Crippen LogP contribution >= 0.6 is 0 Å². The zero-order valence-corrected chi connectivity index (χ0v) is 13.2. The molecule has 2 aliphatic rings. The van der Waals surface area contributed by atoms with E-state index in [0.29, 0.717) is 24.3 Å². The van der Waals surface area contributed by atoms with Crippen LogP contribution in [0.15, 0.2) is 36.4 Å². The lowest BCUT2D eigenvalue weighted by Gasteiger charge is -2.19. The van der Waals surface area contributed by atoms with E-state index in [1.54, 1.807) is 24.3 Å². The quantitative estimate of drug-likeness (QED) is 0.870. The molecule has 1 amide bonds. The molecule has 118 valence electrons. The van der Waals surface area contributed by atoms with Crippen molar-refractivity contribution in [2.75, 3.05) is 21.9 Å². The normalized spacial score (nSPS) is 23.5. The third-order valence-electron chi connectivity index (χ3n) is 4.16. The van der Waals surface area contributed by atoms with Crippen LogP contribution in [-0.2, 0) is 14.8 Å². The SMILES string of the molecule is O=C(Nc1ccc(N2CCCS2(=O)=O)cc1)C1CC=CCC1. The Bertz CT molecular complexity index is 680. The maximum Gasteiger partial charge on any atom is 0.235 e. The molecule has 0 saturated carbocycles. The van der Waals surface area contributed by atoms with Crippen LogP contribution in [0.1, 0.15) is 25.7 Å². The molecule has 1 heterocycles. The van der Waals surface area contributed by atoms with E-state index in [-0.39, 0.29) is 17.6 Å². The predicted octanol–water partition coefficient (Wildman–Crippen LogP) is 2.52. The van der Waals surface area contributed by atoms with Crippen LogP contribution in [0.4, 0.5) is 11.4 Å². The van der Waals surface area contributed by atoms with Gasteiger partial charge in [0.2, 0.25) is 15.9 Å². The molecule has 1 fully saturated rings. The number of nitrogens with one attached hydrogen (secondary N) is 1. The largest absolute Gasteiger partial charge is 0.326 e. The summed E-state index contributed by atoms with van der Waals surface area (Å²) in [7, 11) is -3.15. The molecular formula is C16H20N2O3S. The number of sulfonamides is 1. The average Bonchev–Trinajstić information content (AvgIpc) is 2.88. The second kappa shape index (κ2) is 6.12. The Morgan fingerprint density at radius 2 is 1.95 bits per heavy atom. The summed E-state index contributed by atoms with van der Waals surface area (Å²) in [4.78, 5) is 12.2. The van der Waals surface area contributed by atoms with Gasteiger partial charge in [0.25, 0.3) is 0 Å². The minimum absolute atomic E-state index is 0.0311. The van der Waals surface area contributed by atoms with Crippen molar-refractivity contribution >= 4 is 27.3 Å². The second-order valence-electron chi connectivity index (χ2n) is 5.76. The summed E-state index contributed by atoms with van der Waals surface area (Å²) in [5.74, 6) is 0.273. The topological polar surface area (TPSA) is 66.5 Å². The van der Waals surface area contributed by atoms with Crippen LogP contribution in [0.2, 0.25) is 0 Å². The molecule has 0 radical (unpaired) electrons. The molecular weight excluding hydrogens is 300 g/mol. The lowest BCUT2D eigenvalue weighted by atomic mass is 9.93. The molecule has 1 aromatic rings. The standard InChI is InChI=1S/C16H20N2O3S/c19-16(13-5-2-1-3-6-13)17-14-7-9-15(10-8-14)18-11-4-12-22(18,20)21/h1-2,7-10,13H,3-6,11-12H2,(H,17,19). The van der Waals surface area contributed by atoms with Crippen molar-refractivity contribution in [3.8, 4) is 0 Å². The zero-order valence-electron chi connectivity index (χ0n) is 12.4. The van der Waals surface area contributed by atoms with Gasteiger partial charge in [-0.1, -0.05) is 12.2 Å².